The third-order valence-corrected chi connectivity index (χ3v) is 2.34. The molecule has 0 amide bonds. The second-order valence-corrected chi connectivity index (χ2v) is 3.54. The molecule has 0 aromatic carbocycles. The lowest BCUT2D eigenvalue weighted by molar-refractivity contribution is 0.398. The van der Waals surface area contributed by atoms with E-state index < -0.39 is 0 Å². The van der Waals surface area contributed by atoms with Gasteiger partial charge < -0.3 is 15.0 Å². The van der Waals surface area contributed by atoms with E-state index in [-0.39, 0.29) is 6.04 Å². The highest BCUT2D eigenvalue weighted by atomic mass is 16.5. The normalized spacial score (nSPS) is 12.4. The largest absolute Gasteiger partial charge is 0.481 e. The van der Waals surface area contributed by atoms with Crippen molar-refractivity contribution < 1.29 is 4.74 Å². The van der Waals surface area contributed by atoms with E-state index in [1.165, 1.54) is 0 Å². The summed E-state index contributed by atoms with van der Waals surface area (Å²) in [5.74, 6) is 0.589. The Morgan fingerprint density at radius 2 is 2.19 bits per heavy atom. The summed E-state index contributed by atoms with van der Waals surface area (Å²) < 4.78 is 6.92. The van der Waals surface area contributed by atoms with Crippen LogP contribution in [0.2, 0.25) is 0 Å². The molecular formula is C11H14N4O. The van der Waals surface area contributed by atoms with Gasteiger partial charge in [-0.3, -0.25) is 0 Å². The number of rotatable bonds is 3. The summed E-state index contributed by atoms with van der Waals surface area (Å²) in [4.78, 5) is 8.23. The van der Waals surface area contributed by atoms with Crippen LogP contribution in [0.3, 0.4) is 0 Å². The zero-order chi connectivity index (χ0) is 11.5. The van der Waals surface area contributed by atoms with Crippen molar-refractivity contribution in [2.75, 3.05) is 7.11 Å². The van der Waals surface area contributed by atoms with E-state index in [1.807, 2.05) is 17.6 Å². The quantitative estimate of drug-likeness (QED) is 0.843. The van der Waals surface area contributed by atoms with Crippen molar-refractivity contribution in [3.05, 3.63) is 36.5 Å². The third kappa shape index (κ3) is 1.90. The summed E-state index contributed by atoms with van der Waals surface area (Å²) in [6, 6.07) is 3.66. The first-order chi connectivity index (χ1) is 7.72. The fourth-order valence-corrected chi connectivity index (χ4v) is 1.49. The SMILES string of the molecule is COc1ccc(-n2cncc2C(C)N)cn1. The lowest BCUT2D eigenvalue weighted by Crippen LogP contribution is -2.10. The summed E-state index contributed by atoms with van der Waals surface area (Å²) in [5, 5.41) is 0. The van der Waals surface area contributed by atoms with Crippen molar-refractivity contribution in [3.63, 3.8) is 0 Å². The zero-order valence-electron chi connectivity index (χ0n) is 9.29. The van der Waals surface area contributed by atoms with Crippen LogP contribution in [-0.2, 0) is 0 Å². The molecule has 0 spiro atoms. The molecule has 1 unspecified atom stereocenters. The van der Waals surface area contributed by atoms with Gasteiger partial charge in [0.25, 0.3) is 0 Å². The molecule has 16 heavy (non-hydrogen) atoms. The molecule has 0 radical (unpaired) electrons. The maximum atomic E-state index is 5.85. The molecule has 2 N–H and O–H groups in total. The molecule has 0 bridgehead atoms. The van der Waals surface area contributed by atoms with Crippen LogP contribution in [0, 0.1) is 0 Å². The minimum Gasteiger partial charge on any atom is -0.481 e. The first kappa shape index (κ1) is 10.6. The monoisotopic (exact) mass is 218 g/mol. The van der Waals surface area contributed by atoms with Crippen LogP contribution in [0.1, 0.15) is 18.7 Å². The average Bonchev–Trinajstić information content (AvgIpc) is 2.78. The van der Waals surface area contributed by atoms with Crippen LogP contribution in [0.15, 0.2) is 30.9 Å². The number of pyridine rings is 1. The van der Waals surface area contributed by atoms with E-state index in [1.54, 1.807) is 31.9 Å². The molecule has 0 saturated carbocycles. The van der Waals surface area contributed by atoms with Gasteiger partial charge in [-0.2, -0.15) is 0 Å². The molecule has 0 aliphatic rings. The number of nitrogens with zero attached hydrogens (tertiary/aromatic N) is 3. The van der Waals surface area contributed by atoms with Crippen molar-refractivity contribution in [2.24, 2.45) is 5.73 Å². The summed E-state index contributed by atoms with van der Waals surface area (Å²) in [5.41, 5.74) is 7.72. The van der Waals surface area contributed by atoms with Gasteiger partial charge in [0.05, 0.1) is 37.2 Å². The third-order valence-electron chi connectivity index (χ3n) is 2.34. The summed E-state index contributed by atoms with van der Waals surface area (Å²) in [6.45, 7) is 1.92. The number of hydrogen-bond donors (Lipinski definition) is 1. The van der Waals surface area contributed by atoms with Gasteiger partial charge in [0, 0.05) is 12.1 Å². The fourth-order valence-electron chi connectivity index (χ4n) is 1.49. The highest BCUT2D eigenvalue weighted by Crippen LogP contribution is 2.16. The molecule has 0 aliphatic carbocycles. The van der Waals surface area contributed by atoms with E-state index in [4.69, 9.17) is 10.5 Å². The average molecular weight is 218 g/mol. The lowest BCUT2D eigenvalue weighted by Gasteiger charge is -2.10. The molecule has 2 aromatic heterocycles. The van der Waals surface area contributed by atoms with Gasteiger partial charge in [-0.15, -0.1) is 0 Å². The number of nitrogens with two attached hydrogens (primary N) is 1. The number of ether oxygens (including phenoxy) is 1. The molecule has 0 saturated heterocycles. The van der Waals surface area contributed by atoms with Crippen LogP contribution in [0.4, 0.5) is 0 Å². The van der Waals surface area contributed by atoms with Gasteiger partial charge in [-0.25, -0.2) is 9.97 Å². The van der Waals surface area contributed by atoms with Crippen molar-refractivity contribution >= 4 is 0 Å². The van der Waals surface area contributed by atoms with Crippen molar-refractivity contribution in [1.82, 2.24) is 14.5 Å². The van der Waals surface area contributed by atoms with Crippen LogP contribution in [0.5, 0.6) is 5.88 Å². The van der Waals surface area contributed by atoms with Gasteiger partial charge in [-0.05, 0) is 13.0 Å². The van der Waals surface area contributed by atoms with Crippen molar-refractivity contribution in [1.29, 1.82) is 0 Å². The van der Waals surface area contributed by atoms with Crippen LogP contribution < -0.4 is 10.5 Å². The van der Waals surface area contributed by atoms with Crippen molar-refractivity contribution in [2.45, 2.75) is 13.0 Å². The standard InChI is InChI=1S/C11H14N4O/c1-8(12)10-6-13-7-15(10)9-3-4-11(16-2)14-5-9/h3-8H,12H2,1-2H3. The van der Waals surface area contributed by atoms with Gasteiger partial charge in [0.2, 0.25) is 5.88 Å². The Hall–Kier alpha value is -1.88. The number of imidazole rings is 1. The van der Waals surface area contributed by atoms with E-state index in [2.05, 4.69) is 9.97 Å². The zero-order valence-corrected chi connectivity index (χ0v) is 9.29. The summed E-state index contributed by atoms with van der Waals surface area (Å²) >= 11 is 0. The van der Waals surface area contributed by atoms with Gasteiger partial charge in [0.1, 0.15) is 0 Å². The predicted molar refractivity (Wildman–Crippen MR) is 60.5 cm³/mol. The van der Waals surface area contributed by atoms with Gasteiger partial charge in [-0.1, -0.05) is 0 Å². The van der Waals surface area contributed by atoms with E-state index in [0.29, 0.717) is 5.88 Å². The number of aromatic nitrogens is 3. The molecule has 0 aliphatic heterocycles. The molecular weight excluding hydrogens is 204 g/mol. The summed E-state index contributed by atoms with van der Waals surface area (Å²) in [7, 11) is 1.59. The second kappa shape index (κ2) is 4.32. The lowest BCUT2D eigenvalue weighted by atomic mass is 10.2. The molecule has 2 rings (SSSR count). The number of hydrogen-bond acceptors (Lipinski definition) is 4. The van der Waals surface area contributed by atoms with Crippen LogP contribution in [0.25, 0.3) is 5.69 Å². The highest BCUT2D eigenvalue weighted by Gasteiger charge is 2.08. The Morgan fingerprint density at radius 1 is 1.38 bits per heavy atom. The molecule has 5 heteroatoms. The molecule has 0 fully saturated rings. The second-order valence-electron chi connectivity index (χ2n) is 3.54. The molecule has 1 atom stereocenters. The topological polar surface area (TPSA) is 66.0 Å². The predicted octanol–water partition coefficient (Wildman–Crippen LogP) is 1.30. The van der Waals surface area contributed by atoms with Gasteiger partial charge in [0.15, 0.2) is 0 Å². The fraction of sp³-hybridized carbons (Fsp3) is 0.273. The molecule has 2 aromatic rings. The summed E-state index contributed by atoms with van der Waals surface area (Å²) in [6.07, 6.45) is 5.21. The van der Waals surface area contributed by atoms with E-state index >= 15 is 0 Å². The van der Waals surface area contributed by atoms with E-state index in [9.17, 15) is 0 Å². The highest BCUT2D eigenvalue weighted by molar-refractivity contribution is 5.33. The first-order valence-electron chi connectivity index (χ1n) is 5.00. The first-order valence-corrected chi connectivity index (χ1v) is 5.00. The Balaban J connectivity index is 2.38. The van der Waals surface area contributed by atoms with Crippen LogP contribution >= 0.6 is 0 Å². The molecule has 2 heterocycles. The minimum absolute atomic E-state index is 0.0652. The maximum absolute atomic E-state index is 5.85. The van der Waals surface area contributed by atoms with Crippen molar-refractivity contribution in [3.8, 4) is 11.6 Å². The Labute approximate surface area is 93.9 Å². The minimum atomic E-state index is -0.0652. The number of methoxy groups -OCH3 is 1. The Kier molecular flexibility index (Phi) is 2.87. The Bertz CT molecular complexity index is 461. The van der Waals surface area contributed by atoms with E-state index in [0.717, 1.165) is 11.4 Å². The Morgan fingerprint density at radius 3 is 2.75 bits per heavy atom. The molecule has 5 nitrogen and oxygen atoms in total. The van der Waals surface area contributed by atoms with Gasteiger partial charge >= 0.3 is 0 Å². The maximum Gasteiger partial charge on any atom is 0.213 e. The molecule has 84 valence electrons. The smallest absolute Gasteiger partial charge is 0.213 e. The van der Waals surface area contributed by atoms with Crippen LogP contribution in [-0.4, -0.2) is 21.6 Å².